The second kappa shape index (κ2) is 8.92. The van der Waals surface area contributed by atoms with Crippen LogP contribution in [0.25, 0.3) is 0 Å². The molecule has 1 atom stereocenters. The van der Waals surface area contributed by atoms with Crippen molar-refractivity contribution in [3.05, 3.63) is 29.8 Å². The number of nitrogens with one attached hydrogen (secondary N) is 1. The summed E-state index contributed by atoms with van der Waals surface area (Å²) in [4.78, 5) is 2.11. The van der Waals surface area contributed by atoms with Gasteiger partial charge >= 0.3 is 0 Å². The van der Waals surface area contributed by atoms with Crippen molar-refractivity contribution in [1.29, 1.82) is 0 Å². The van der Waals surface area contributed by atoms with Gasteiger partial charge in [0.1, 0.15) is 12.4 Å². The largest absolute Gasteiger partial charge is 0.492 e. The third-order valence-corrected chi connectivity index (χ3v) is 5.31. The number of aliphatic hydroxyl groups is 1. The van der Waals surface area contributed by atoms with E-state index >= 15 is 0 Å². The lowest BCUT2D eigenvalue weighted by atomic mass is 9.96. The summed E-state index contributed by atoms with van der Waals surface area (Å²) in [5, 5.41) is 14.1. The van der Waals surface area contributed by atoms with Crippen LogP contribution in [0.5, 0.6) is 5.75 Å². The Bertz CT molecular complexity index is 476. The van der Waals surface area contributed by atoms with Crippen LogP contribution in [0, 0.1) is 0 Å². The van der Waals surface area contributed by atoms with Crippen LogP contribution in [0.2, 0.25) is 0 Å². The molecule has 1 unspecified atom stereocenters. The summed E-state index contributed by atoms with van der Waals surface area (Å²) in [6.45, 7) is 4.39. The van der Waals surface area contributed by atoms with Crippen LogP contribution in [0.1, 0.15) is 31.4 Å². The number of nitrogens with zero attached hydrogens (tertiary/aromatic N) is 1. The fraction of sp³-hybridized carbons (Fsp3) is 0.667. The van der Waals surface area contributed by atoms with Crippen molar-refractivity contribution >= 4 is 11.8 Å². The van der Waals surface area contributed by atoms with Crippen LogP contribution in [-0.2, 0) is 0 Å². The van der Waals surface area contributed by atoms with Crippen LogP contribution in [0.15, 0.2) is 24.3 Å². The summed E-state index contributed by atoms with van der Waals surface area (Å²) < 4.78 is 5.80. The van der Waals surface area contributed by atoms with Gasteiger partial charge in [-0.15, -0.1) is 0 Å². The zero-order valence-corrected chi connectivity index (χ0v) is 15.4. The van der Waals surface area contributed by atoms with Crippen LogP contribution in [-0.4, -0.2) is 60.9 Å². The van der Waals surface area contributed by atoms with Gasteiger partial charge in [0.2, 0.25) is 0 Å². The molecule has 2 N–H and O–H groups in total. The Morgan fingerprint density at radius 2 is 2.09 bits per heavy atom. The number of benzene rings is 1. The molecule has 2 rings (SSSR count). The number of ether oxygens (including phenoxy) is 1. The maximum Gasteiger partial charge on any atom is 0.119 e. The summed E-state index contributed by atoms with van der Waals surface area (Å²) in [6.07, 6.45) is 1.76. The first kappa shape index (κ1) is 18.6. The number of rotatable bonds is 8. The van der Waals surface area contributed by atoms with Crippen molar-refractivity contribution in [2.75, 3.05) is 45.3 Å². The molecule has 0 spiro atoms. The van der Waals surface area contributed by atoms with Crippen LogP contribution < -0.4 is 10.1 Å². The van der Waals surface area contributed by atoms with E-state index in [0.717, 1.165) is 36.6 Å². The minimum absolute atomic E-state index is 0.200. The quantitative estimate of drug-likeness (QED) is 0.763. The first-order valence-corrected chi connectivity index (χ1v) is 9.55. The molecule has 0 bridgehead atoms. The van der Waals surface area contributed by atoms with E-state index in [-0.39, 0.29) is 6.04 Å². The smallest absolute Gasteiger partial charge is 0.119 e. The molecular weight excluding hydrogens is 308 g/mol. The van der Waals surface area contributed by atoms with Gasteiger partial charge in [-0.3, -0.25) is 0 Å². The second-order valence-corrected chi connectivity index (χ2v) is 7.89. The molecular formula is C18H30N2O2S. The van der Waals surface area contributed by atoms with E-state index in [9.17, 15) is 5.11 Å². The molecule has 1 aromatic rings. The van der Waals surface area contributed by atoms with Gasteiger partial charge in [-0.25, -0.2) is 0 Å². The Hall–Kier alpha value is -0.750. The summed E-state index contributed by atoms with van der Waals surface area (Å²) in [6, 6.07) is 8.43. The maximum atomic E-state index is 10.6. The summed E-state index contributed by atoms with van der Waals surface area (Å²) in [5.74, 6) is 3.02. The average molecular weight is 339 g/mol. The molecule has 1 heterocycles. The van der Waals surface area contributed by atoms with Gasteiger partial charge < -0.3 is 20.1 Å². The van der Waals surface area contributed by atoms with E-state index in [1.54, 1.807) is 0 Å². The molecule has 0 amide bonds. The highest BCUT2D eigenvalue weighted by atomic mass is 32.2. The van der Waals surface area contributed by atoms with Gasteiger partial charge in [0.25, 0.3) is 0 Å². The topological polar surface area (TPSA) is 44.7 Å². The number of likely N-dealkylation sites (N-methyl/N-ethyl adjacent to an activating group) is 1. The highest BCUT2D eigenvalue weighted by Crippen LogP contribution is 2.27. The monoisotopic (exact) mass is 338 g/mol. The van der Waals surface area contributed by atoms with Crippen LogP contribution in [0.3, 0.4) is 0 Å². The normalized spacial score (nSPS) is 18.8. The molecule has 1 fully saturated rings. The Balaban J connectivity index is 1.85. The van der Waals surface area contributed by atoms with Crippen LogP contribution in [0.4, 0.5) is 0 Å². The van der Waals surface area contributed by atoms with Gasteiger partial charge in [0.15, 0.2) is 0 Å². The predicted molar refractivity (Wildman–Crippen MR) is 98.4 cm³/mol. The molecule has 0 aromatic heterocycles. The van der Waals surface area contributed by atoms with Gasteiger partial charge in [-0.1, -0.05) is 12.1 Å². The molecule has 5 heteroatoms. The van der Waals surface area contributed by atoms with Crippen molar-refractivity contribution < 1.29 is 9.84 Å². The molecule has 4 nitrogen and oxygen atoms in total. The molecule has 0 aliphatic carbocycles. The van der Waals surface area contributed by atoms with Crippen LogP contribution >= 0.6 is 11.8 Å². The first-order chi connectivity index (χ1) is 11.0. The molecule has 1 aliphatic rings. The average Bonchev–Trinajstić information content (AvgIpc) is 2.53. The fourth-order valence-electron chi connectivity index (χ4n) is 2.61. The van der Waals surface area contributed by atoms with E-state index in [0.29, 0.717) is 13.2 Å². The minimum atomic E-state index is -0.542. The fourth-order valence-corrected chi connectivity index (χ4v) is 3.86. The van der Waals surface area contributed by atoms with Gasteiger partial charge in [-0.2, -0.15) is 11.8 Å². The Morgan fingerprint density at radius 3 is 2.78 bits per heavy atom. The Morgan fingerprint density at radius 1 is 1.35 bits per heavy atom. The van der Waals surface area contributed by atoms with Gasteiger partial charge in [0.05, 0.1) is 5.60 Å². The number of hydrogen-bond acceptors (Lipinski definition) is 5. The lowest BCUT2D eigenvalue weighted by Gasteiger charge is -2.33. The van der Waals surface area contributed by atoms with Gasteiger partial charge in [0, 0.05) is 19.1 Å². The molecule has 1 saturated heterocycles. The third-order valence-electron chi connectivity index (χ3n) is 4.33. The summed E-state index contributed by atoms with van der Waals surface area (Å²) in [7, 11) is 4.08. The zero-order chi connectivity index (χ0) is 16.7. The third kappa shape index (κ3) is 6.34. The molecule has 1 aromatic carbocycles. The minimum Gasteiger partial charge on any atom is -0.492 e. The highest BCUT2D eigenvalue weighted by Gasteiger charge is 2.29. The predicted octanol–water partition coefficient (Wildman–Crippen LogP) is 2.54. The number of thioether (sulfide) groups is 1. The molecule has 1 aliphatic heterocycles. The highest BCUT2D eigenvalue weighted by molar-refractivity contribution is 7.99. The van der Waals surface area contributed by atoms with Crippen molar-refractivity contribution in [3.63, 3.8) is 0 Å². The number of hydrogen-bond donors (Lipinski definition) is 2. The van der Waals surface area contributed by atoms with Gasteiger partial charge in [-0.05, 0) is 63.1 Å². The second-order valence-electron chi connectivity index (χ2n) is 6.66. The lowest BCUT2D eigenvalue weighted by molar-refractivity contribution is 0.0300. The van der Waals surface area contributed by atoms with E-state index in [1.807, 2.05) is 38.0 Å². The van der Waals surface area contributed by atoms with E-state index in [1.165, 1.54) is 5.56 Å². The molecule has 130 valence electrons. The van der Waals surface area contributed by atoms with E-state index in [2.05, 4.69) is 29.3 Å². The van der Waals surface area contributed by atoms with Crippen molar-refractivity contribution in [1.82, 2.24) is 10.2 Å². The summed E-state index contributed by atoms with van der Waals surface area (Å²) >= 11 is 1.93. The molecule has 23 heavy (non-hydrogen) atoms. The van der Waals surface area contributed by atoms with E-state index in [4.69, 9.17) is 4.74 Å². The zero-order valence-electron chi connectivity index (χ0n) is 14.5. The summed E-state index contributed by atoms with van der Waals surface area (Å²) in [5.41, 5.74) is 0.653. The standard InChI is InChI=1S/C18H30N2O2S/c1-15(19-14-18(21)7-11-23-12-8-18)16-5-4-6-17(13-16)22-10-9-20(2)3/h4-6,13,15,19,21H,7-12,14H2,1-3H3. The Kier molecular flexibility index (Phi) is 7.21. The molecule has 0 radical (unpaired) electrons. The lowest BCUT2D eigenvalue weighted by Crippen LogP contribution is -2.44. The molecule has 0 saturated carbocycles. The van der Waals surface area contributed by atoms with E-state index < -0.39 is 5.60 Å². The van der Waals surface area contributed by atoms with Crippen molar-refractivity contribution in [2.45, 2.75) is 31.4 Å². The van der Waals surface area contributed by atoms with Crippen molar-refractivity contribution in [2.24, 2.45) is 0 Å². The Labute approximate surface area is 144 Å². The first-order valence-electron chi connectivity index (χ1n) is 8.39. The maximum absolute atomic E-state index is 10.6. The SMILES string of the molecule is CC(NCC1(O)CCSCC1)c1cccc(OCCN(C)C)c1. The van der Waals surface area contributed by atoms with Crippen molar-refractivity contribution in [3.8, 4) is 5.75 Å².